The second kappa shape index (κ2) is 4.63. The van der Waals surface area contributed by atoms with Crippen LogP contribution >= 0.6 is 11.6 Å². The lowest BCUT2D eigenvalue weighted by Gasteiger charge is -2.23. The van der Waals surface area contributed by atoms with E-state index >= 15 is 0 Å². The standard InChI is InChI=1S/C10H18ClNO/c11-3-1-4-12-6-9-2-5-13-8-10(9)7-12/h9-10H,1-8H2/t9-,10+/m1/s1. The van der Waals surface area contributed by atoms with E-state index in [9.17, 15) is 0 Å². The van der Waals surface area contributed by atoms with Crippen molar-refractivity contribution in [1.82, 2.24) is 4.90 Å². The molecular weight excluding hydrogens is 186 g/mol. The van der Waals surface area contributed by atoms with Gasteiger partial charge in [0.2, 0.25) is 0 Å². The van der Waals surface area contributed by atoms with Crippen LogP contribution in [0.15, 0.2) is 0 Å². The predicted octanol–water partition coefficient (Wildman–Crippen LogP) is 1.58. The molecule has 13 heavy (non-hydrogen) atoms. The molecule has 2 atom stereocenters. The number of alkyl halides is 1. The van der Waals surface area contributed by atoms with Crippen molar-refractivity contribution in [2.75, 3.05) is 38.7 Å². The zero-order chi connectivity index (χ0) is 9.10. The summed E-state index contributed by atoms with van der Waals surface area (Å²) in [6.45, 7) is 5.66. The Balaban J connectivity index is 1.77. The van der Waals surface area contributed by atoms with Crippen molar-refractivity contribution in [3.8, 4) is 0 Å². The van der Waals surface area contributed by atoms with E-state index in [-0.39, 0.29) is 0 Å². The molecule has 2 heterocycles. The molecule has 76 valence electrons. The van der Waals surface area contributed by atoms with Crippen molar-refractivity contribution >= 4 is 11.6 Å². The number of rotatable bonds is 3. The van der Waals surface area contributed by atoms with E-state index in [2.05, 4.69) is 4.90 Å². The normalized spacial score (nSPS) is 34.8. The highest BCUT2D eigenvalue weighted by atomic mass is 35.5. The van der Waals surface area contributed by atoms with Crippen molar-refractivity contribution in [2.24, 2.45) is 11.8 Å². The highest BCUT2D eigenvalue weighted by Crippen LogP contribution is 2.29. The lowest BCUT2D eigenvalue weighted by atomic mass is 9.92. The highest BCUT2D eigenvalue weighted by Gasteiger charge is 2.34. The van der Waals surface area contributed by atoms with Gasteiger partial charge in [0.25, 0.3) is 0 Å². The van der Waals surface area contributed by atoms with Gasteiger partial charge in [0.05, 0.1) is 6.61 Å². The minimum atomic E-state index is 0.794. The van der Waals surface area contributed by atoms with E-state index in [1.807, 2.05) is 0 Å². The number of hydrogen-bond donors (Lipinski definition) is 0. The van der Waals surface area contributed by atoms with Gasteiger partial charge in [-0.05, 0) is 31.2 Å². The Morgan fingerprint density at radius 2 is 2.15 bits per heavy atom. The number of likely N-dealkylation sites (tertiary alicyclic amines) is 1. The third kappa shape index (κ3) is 2.36. The maximum Gasteiger partial charge on any atom is 0.0509 e. The molecule has 2 aliphatic heterocycles. The topological polar surface area (TPSA) is 12.5 Å². The van der Waals surface area contributed by atoms with Gasteiger partial charge in [0.1, 0.15) is 0 Å². The van der Waals surface area contributed by atoms with Gasteiger partial charge in [-0.15, -0.1) is 11.6 Å². The molecule has 0 aromatic heterocycles. The predicted molar refractivity (Wildman–Crippen MR) is 54.2 cm³/mol. The summed E-state index contributed by atoms with van der Waals surface area (Å²) in [5.41, 5.74) is 0. The van der Waals surface area contributed by atoms with Gasteiger partial charge in [-0.1, -0.05) is 0 Å². The average molecular weight is 204 g/mol. The smallest absolute Gasteiger partial charge is 0.0509 e. The number of hydrogen-bond acceptors (Lipinski definition) is 2. The highest BCUT2D eigenvalue weighted by molar-refractivity contribution is 6.17. The Bertz CT molecular complexity index is 151. The summed E-state index contributed by atoms with van der Waals surface area (Å²) in [6, 6.07) is 0. The molecule has 0 saturated carbocycles. The third-order valence-electron chi connectivity index (χ3n) is 3.22. The summed E-state index contributed by atoms with van der Waals surface area (Å²) in [5.74, 6) is 2.51. The van der Waals surface area contributed by atoms with E-state index < -0.39 is 0 Å². The first kappa shape index (κ1) is 9.75. The molecular formula is C10H18ClNO. The van der Waals surface area contributed by atoms with Crippen LogP contribution in [0.5, 0.6) is 0 Å². The fourth-order valence-corrected chi connectivity index (χ4v) is 2.61. The van der Waals surface area contributed by atoms with Crippen molar-refractivity contribution in [3.05, 3.63) is 0 Å². The summed E-state index contributed by atoms with van der Waals surface area (Å²) in [4.78, 5) is 2.55. The molecule has 0 spiro atoms. The summed E-state index contributed by atoms with van der Waals surface area (Å²) < 4.78 is 5.48. The quantitative estimate of drug-likeness (QED) is 0.646. The van der Waals surface area contributed by atoms with E-state index in [1.165, 1.54) is 26.1 Å². The summed E-state index contributed by atoms with van der Waals surface area (Å²) >= 11 is 5.68. The van der Waals surface area contributed by atoms with Crippen LogP contribution in [0.4, 0.5) is 0 Å². The largest absolute Gasteiger partial charge is 0.381 e. The number of nitrogens with zero attached hydrogens (tertiary/aromatic N) is 1. The molecule has 2 saturated heterocycles. The van der Waals surface area contributed by atoms with Crippen LogP contribution in [0.25, 0.3) is 0 Å². The van der Waals surface area contributed by atoms with Crippen molar-refractivity contribution < 1.29 is 4.74 Å². The Morgan fingerprint density at radius 3 is 2.92 bits per heavy atom. The Kier molecular flexibility index (Phi) is 3.47. The van der Waals surface area contributed by atoms with Crippen LogP contribution in [-0.4, -0.2) is 43.6 Å². The lowest BCUT2D eigenvalue weighted by molar-refractivity contribution is 0.0370. The number of halogens is 1. The van der Waals surface area contributed by atoms with E-state index in [0.29, 0.717) is 0 Å². The Hall–Kier alpha value is 0.210. The van der Waals surface area contributed by atoms with Gasteiger partial charge < -0.3 is 9.64 Å². The molecule has 2 rings (SSSR count). The van der Waals surface area contributed by atoms with Crippen LogP contribution in [0.3, 0.4) is 0 Å². The molecule has 3 heteroatoms. The lowest BCUT2D eigenvalue weighted by Crippen LogP contribution is -2.25. The van der Waals surface area contributed by atoms with Crippen LogP contribution in [0, 0.1) is 11.8 Å². The van der Waals surface area contributed by atoms with Crippen molar-refractivity contribution in [2.45, 2.75) is 12.8 Å². The van der Waals surface area contributed by atoms with Gasteiger partial charge in [0, 0.05) is 25.6 Å². The first-order chi connectivity index (χ1) is 6.40. The molecule has 0 radical (unpaired) electrons. The van der Waals surface area contributed by atoms with Crippen molar-refractivity contribution in [3.63, 3.8) is 0 Å². The second-order valence-electron chi connectivity index (χ2n) is 4.19. The number of ether oxygens (including phenoxy) is 1. The average Bonchev–Trinajstić information content (AvgIpc) is 2.57. The molecule has 2 aliphatic rings. The molecule has 0 unspecified atom stereocenters. The molecule has 2 fully saturated rings. The van der Waals surface area contributed by atoms with Gasteiger partial charge in [0.15, 0.2) is 0 Å². The van der Waals surface area contributed by atoms with Gasteiger partial charge >= 0.3 is 0 Å². The maximum absolute atomic E-state index is 5.68. The second-order valence-corrected chi connectivity index (χ2v) is 4.56. The zero-order valence-corrected chi connectivity index (χ0v) is 8.80. The van der Waals surface area contributed by atoms with E-state index in [4.69, 9.17) is 16.3 Å². The SMILES string of the molecule is ClCCCN1C[C@H]2CCOC[C@@H]2C1. The van der Waals surface area contributed by atoms with Crippen LogP contribution < -0.4 is 0 Å². The summed E-state index contributed by atoms with van der Waals surface area (Å²) in [5, 5.41) is 0. The van der Waals surface area contributed by atoms with Gasteiger partial charge in [-0.2, -0.15) is 0 Å². The van der Waals surface area contributed by atoms with Crippen LogP contribution in [-0.2, 0) is 4.74 Å². The first-order valence-electron chi connectivity index (χ1n) is 5.26. The van der Waals surface area contributed by atoms with E-state index in [1.54, 1.807) is 0 Å². The fourth-order valence-electron chi connectivity index (χ4n) is 2.49. The Labute approximate surface area is 85.2 Å². The van der Waals surface area contributed by atoms with Gasteiger partial charge in [-0.25, -0.2) is 0 Å². The molecule has 0 aromatic rings. The molecule has 2 nitrogen and oxygen atoms in total. The van der Waals surface area contributed by atoms with Crippen LogP contribution in [0.2, 0.25) is 0 Å². The molecule has 0 aliphatic carbocycles. The molecule has 0 N–H and O–H groups in total. The van der Waals surface area contributed by atoms with Crippen LogP contribution in [0.1, 0.15) is 12.8 Å². The first-order valence-corrected chi connectivity index (χ1v) is 5.79. The summed E-state index contributed by atoms with van der Waals surface area (Å²) in [6.07, 6.45) is 2.39. The van der Waals surface area contributed by atoms with Crippen molar-refractivity contribution in [1.29, 1.82) is 0 Å². The molecule has 0 amide bonds. The summed E-state index contributed by atoms with van der Waals surface area (Å²) in [7, 11) is 0. The Morgan fingerprint density at radius 1 is 1.31 bits per heavy atom. The van der Waals surface area contributed by atoms with Gasteiger partial charge in [-0.3, -0.25) is 0 Å². The van der Waals surface area contributed by atoms with E-state index in [0.717, 1.165) is 37.4 Å². The molecule has 0 bridgehead atoms. The third-order valence-corrected chi connectivity index (χ3v) is 3.49. The monoisotopic (exact) mass is 203 g/mol. The molecule has 0 aromatic carbocycles. The minimum absolute atomic E-state index is 0.794. The fraction of sp³-hybridized carbons (Fsp3) is 1.00. The maximum atomic E-state index is 5.68. The number of fused-ring (bicyclic) bond motifs is 1. The zero-order valence-electron chi connectivity index (χ0n) is 8.04. The minimum Gasteiger partial charge on any atom is -0.381 e.